The van der Waals surface area contributed by atoms with Gasteiger partial charge < -0.3 is 10.3 Å². The third kappa shape index (κ3) is 3.08. The van der Waals surface area contributed by atoms with Crippen molar-refractivity contribution in [3.63, 3.8) is 0 Å². The molecular weight excluding hydrogens is 377 g/mol. The number of nitrogens with two attached hydrogens (primary N) is 1. The van der Waals surface area contributed by atoms with E-state index in [0.29, 0.717) is 11.5 Å². The maximum Gasteiger partial charge on any atom is 0.141 e. The maximum absolute atomic E-state index is 13.3. The normalized spacial score (nSPS) is 11.1. The van der Waals surface area contributed by atoms with Crippen LogP contribution in [0.15, 0.2) is 79.3 Å². The Morgan fingerprint density at radius 2 is 1.73 bits per heavy atom. The fraction of sp³-hybridized carbons (Fsp3) is 0.0417. The quantitative estimate of drug-likeness (QED) is 0.457. The summed E-state index contributed by atoms with van der Waals surface area (Å²) in [7, 11) is 0. The van der Waals surface area contributed by atoms with Crippen LogP contribution in [0, 0.1) is 12.7 Å². The molecule has 0 amide bonds. The Morgan fingerprint density at radius 1 is 0.900 bits per heavy atom. The van der Waals surface area contributed by atoms with Gasteiger partial charge in [-0.15, -0.1) is 0 Å². The van der Waals surface area contributed by atoms with Gasteiger partial charge in [0.05, 0.1) is 28.6 Å². The predicted molar refractivity (Wildman–Crippen MR) is 117 cm³/mol. The van der Waals surface area contributed by atoms with Gasteiger partial charge in [-0.05, 0) is 55.5 Å². The number of hydrogen-bond acceptors (Lipinski definition) is 4. The molecule has 4 heterocycles. The highest BCUT2D eigenvalue weighted by Gasteiger charge is 2.16. The molecule has 0 fully saturated rings. The van der Waals surface area contributed by atoms with Crippen LogP contribution in [0.4, 0.5) is 10.2 Å². The van der Waals surface area contributed by atoms with Crippen molar-refractivity contribution in [2.75, 3.05) is 5.73 Å². The van der Waals surface area contributed by atoms with E-state index < -0.39 is 0 Å². The molecule has 5 rings (SSSR count). The lowest BCUT2D eigenvalue weighted by atomic mass is 10.1. The van der Waals surface area contributed by atoms with Crippen LogP contribution in [0.2, 0.25) is 0 Å². The van der Waals surface area contributed by atoms with Crippen molar-refractivity contribution >= 4 is 16.9 Å². The average Bonchev–Trinajstić information content (AvgIpc) is 3.13. The van der Waals surface area contributed by atoms with Crippen molar-refractivity contribution in [2.24, 2.45) is 0 Å². The van der Waals surface area contributed by atoms with E-state index in [1.165, 1.54) is 17.8 Å². The maximum atomic E-state index is 13.3. The molecule has 0 atom stereocenters. The summed E-state index contributed by atoms with van der Waals surface area (Å²) in [5.41, 5.74) is 13.3. The zero-order valence-corrected chi connectivity index (χ0v) is 16.2. The molecule has 0 aliphatic rings. The van der Waals surface area contributed by atoms with Gasteiger partial charge in [-0.3, -0.25) is 9.97 Å². The van der Waals surface area contributed by atoms with E-state index in [1.54, 1.807) is 18.5 Å². The molecule has 0 aliphatic heterocycles. The largest absolute Gasteiger partial charge is 0.383 e. The fourth-order valence-electron chi connectivity index (χ4n) is 3.57. The highest BCUT2D eigenvalue weighted by atomic mass is 19.1. The lowest BCUT2D eigenvalue weighted by molar-refractivity contribution is 0.622. The third-order valence-electron chi connectivity index (χ3n) is 5.08. The minimum atomic E-state index is -0.370. The summed E-state index contributed by atoms with van der Waals surface area (Å²) < 4.78 is 15.4. The van der Waals surface area contributed by atoms with Gasteiger partial charge in [0.2, 0.25) is 0 Å². The van der Waals surface area contributed by atoms with Crippen molar-refractivity contribution in [3.05, 3.63) is 90.6 Å². The second-order valence-corrected chi connectivity index (χ2v) is 7.13. The van der Waals surface area contributed by atoms with Gasteiger partial charge in [-0.25, -0.2) is 9.37 Å². The smallest absolute Gasteiger partial charge is 0.141 e. The van der Waals surface area contributed by atoms with Crippen LogP contribution in [-0.2, 0) is 0 Å². The van der Waals surface area contributed by atoms with Crippen LogP contribution < -0.4 is 5.73 Å². The Bertz CT molecular complexity index is 1360. The van der Waals surface area contributed by atoms with E-state index in [-0.39, 0.29) is 5.82 Å². The van der Waals surface area contributed by atoms with Crippen molar-refractivity contribution in [2.45, 2.75) is 6.92 Å². The van der Waals surface area contributed by atoms with Crippen LogP contribution in [0.3, 0.4) is 0 Å². The number of rotatable bonds is 3. The Morgan fingerprint density at radius 3 is 2.47 bits per heavy atom. The van der Waals surface area contributed by atoms with Crippen molar-refractivity contribution < 1.29 is 4.39 Å². The number of nitrogens with zero attached hydrogens (tertiary/aromatic N) is 4. The van der Waals surface area contributed by atoms with Crippen LogP contribution >= 0.6 is 0 Å². The molecule has 5 nitrogen and oxygen atoms in total. The molecule has 5 aromatic rings. The summed E-state index contributed by atoms with van der Waals surface area (Å²) in [6, 6.07) is 19.1. The van der Waals surface area contributed by atoms with Gasteiger partial charge in [-0.2, -0.15) is 0 Å². The molecule has 1 aromatic carbocycles. The summed E-state index contributed by atoms with van der Waals surface area (Å²) in [6.07, 6.45) is 4.63. The molecule has 0 radical (unpaired) electrons. The molecule has 0 saturated carbocycles. The molecule has 30 heavy (non-hydrogen) atoms. The van der Waals surface area contributed by atoms with Crippen LogP contribution in [-0.4, -0.2) is 19.5 Å². The summed E-state index contributed by atoms with van der Waals surface area (Å²) in [5, 5.41) is 0. The molecular formula is C24H18FN5. The lowest BCUT2D eigenvalue weighted by Crippen LogP contribution is -2.00. The molecule has 0 spiro atoms. The predicted octanol–water partition coefficient (Wildman–Crippen LogP) is 5.18. The summed E-state index contributed by atoms with van der Waals surface area (Å²) in [6.45, 7) is 2.05. The van der Waals surface area contributed by atoms with E-state index >= 15 is 0 Å². The van der Waals surface area contributed by atoms with Gasteiger partial charge in [0, 0.05) is 29.2 Å². The van der Waals surface area contributed by atoms with Crippen LogP contribution in [0.25, 0.3) is 39.2 Å². The molecule has 2 N–H and O–H groups in total. The number of aromatic nitrogens is 4. The fourth-order valence-corrected chi connectivity index (χ4v) is 3.57. The van der Waals surface area contributed by atoms with E-state index in [1.807, 2.05) is 24.3 Å². The van der Waals surface area contributed by atoms with Crippen molar-refractivity contribution in [3.8, 4) is 28.2 Å². The first-order chi connectivity index (χ1) is 14.6. The van der Waals surface area contributed by atoms with Crippen molar-refractivity contribution in [1.82, 2.24) is 19.5 Å². The van der Waals surface area contributed by atoms with Crippen LogP contribution in [0.5, 0.6) is 0 Å². The lowest BCUT2D eigenvalue weighted by Gasteiger charge is -2.13. The van der Waals surface area contributed by atoms with Gasteiger partial charge in [0.15, 0.2) is 0 Å². The highest BCUT2D eigenvalue weighted by Crippen LogP contribution is 2.34. The topological polar surface area (TPSA) is 69.6 Å². The molecule has 6 heteroatoms. The average molecular weight is 395 g/mol. The van der Waals surface area contributed by atoms with Gasteiger partial charge in [0.1, 0.15) is 11.6 Å². The first kappa shape index (κ1) is 18.0. The number of fused-ring (bicyclic) bond motifs is 1. The van der Waals surface area contributed by atoms with Crippen LogP contribution in [0.1, 0.15) is 5.56 Å². The molecule has 0 saturated heterocycles. The van der Waals surface area contributed by atoms with E-state index in [2.05, 4.69) is 50.7 Å². The van der Waals surface area contributed by atoms with E-state index in [9.17, 15) is 4.39 Å². The molecule has 4 aromatic heterocycles. The molecule has 146 valence electrons. The Kier molecular flexibility index (Phi) is 4.25. The zero-order chi connectivity index (χ0) is 20.7. The first-order valence-electron chi connectivity index (χ1n) is 9.51. The Labute approximate surface area is 172 Å². The number of hydrogen-bond donors (Lipinski definition) is 1. The summed E-state index contributed by atoms with van der Waals surface area (Å²) in [5.74, 6) is 0.0826. The Hall–Kier alpha value is -4.06. The first-order valence-corrected chi connectivity index (χ1v) is 9.51. The summed E-state index contributed by atoms with van der Waals surface area (Å²) in [4.78, 5) is 13.1. The molecule has 0 bridgehead atoms. The Balaban J connectivity index is 1.79. The highest BCUT2D eigenvalue weighted by molar-refractivity contribution is 5.90. The monoisotopic (exact) mass is 395 g/mol. The van der Waals surface area contributed by atoms with E-state index in [4.69, 9.17) is 5.73 Å². The number of anilines is 1. The van der Waals surface area contributed by atoms with Gasteiger partial charge in [-0.1, -0.05) is 17.7 Å². The molecule has 0 unspecified atom stereocenters. The van der Waals surface area contributed by atoms with Crippen molar-refractivity contribution in [1.29, 1.82) is 0 Å². The zero-order valence-electron chi connectivity index (χ0n) is 16.2. The third-order valence-corrected chi connectivity index (χ3v) is 5.08. The number of halogens is 1. The second-order valence-electron chi connectivity index (χ2n) is 7.13. The number of aryl methyl sites for hydroxylation is 1. The van der Waals surface area contributed by atoms with Gasteiger partial charge in [0.25, 0.3) is 0 Å². The number of benzene rings is 1. The summed E-state index contributed by atoms with van der Waals surface area (Å²) >= 11 is 0. The SMILES string of the molecule is Cc1ccc(-n2c(-c3cccnc3N)cc3ncc(-c4ccc(F)cn4)cc32)cc1. The number of pyridine rings is 3. The standard InChI is InChI=1S/C24H18FN5/c1-15-4-7-18(8-5-15)30-22(19-3-2-10-27-24(19)26)12-21-23(30)11-16(13-28-21)20-9-6-17(25)14-29-20/h2-14H,1H3,(H2,26,27). The second kappa shape index (κ2) is 7.08. The minimum Gasteiger partial charge on any atom is -0.383 e. The minimum absolute atomic E-state index is 0.370. The number of nitrogen functional groups attached to an aromatic ring is 1. The van der Waals surface area contributed by atoms with E-state index in [0.717, 1.165) is 33.5 Å². The molecule has 0 aliphatic carbocycles. The van der Waals surface area contributed by atoms with Gasteiger partial charge >= 0.3 is 0 Å².